The van der Waals surface area contributed by atoms with Crippen LogP contribution in [0.3, 0.4) is 0 Å². The number of hydrogen-bond acceptors (Lipinski definition) is 1. The zero-order chi connectivity index (χ0) is 10.2. The lowest BCUT2D eigenvalue weighted by Gasteiger charge is -2.30. The van der Waals surface area contributed by atoms with Crippen LogP contribution in [0.4, 0.5) is 0 Å². The fourth-order valence-corrected chi connectivity index (χ4v) is 3.32. The minimum atomic E-state index is 0.581. The number of hydrogen-bond donors (Lipinski definition) is 1. The van der Waals surface area contributed by atoms with Crippen molar-refractivity contribution in [3.05, 3.63) is 0 Å². The molecule has 3 atom stereocenters. The van der Waals surface area contributed by atoms with E-state index in [9.17, 15) is 0 Å². The summed E-state index contributed by atoms with van der Waals surface area (Å²) < 4.78 is 0. The highest BCUT2D eigenvalue weighted by molar-refractivity contribution is 4.92. The minimum absolute atomic E-state index is 0.581. The van der Waals surface area contributed by atoms with Gasteiger partial charge in [0.05, 0.1) is 0 Å². The summed E-state index contributed by atoms with van der Waals surface area (Å²) in [6.07, 6.45) is 5.76. The average molecular weight is 195 g/mol. The van der Waals surface area contributed by atoms with Crippen LogP contribution in [0.15, 0.2) is 0 Å². The van der Waals surface area contributed by atoms with Crippen LogP contribution >= 0.6 is 0 Å². The van der Waals surface area contributed by atoms with Gasteiger partial charge in [0.1, 0.15) is 0 Å². The van der Waals surface area contributed by atoms with Crippen molar-refractivity contribution in [1.29, 1.82) is 0 Å². The van der Waals surface area contributed by atoms with Crippen LogP contribution in [-0.2, 0) is 0 Å². The van der Waals surface area contributed by atoms with Crippen molar-refractivity contribution in [3.63, 3.8) is 0 Å². The molecule has 1 aliphatic heterocycles. The molecule has 0 aromatic heterocycles. The first-order chi connectivity index (χ1) is 6.63. The summed E-state index contributed by atoms with van der Waals surface area (Å²) in [4.78, 5) is 0. The van der Waals surface area contributed by atoms with Gasteiger partial charge < -0.3 is 5.32 Å². The highest BCUT2D eigenvalue weighted by Crippen LogP contribution is 2.48. The molecule has 1 heterocycles. The van der Waals surface area contributed by atoms with E-state index in [1.54, 1.807) is 0 Å². The summed E-state index contributed by atoms with van der Waals surface area (Å²) in [5, 5.41) is 3.55. The maximum Gasteiger partial charge on any atom is -0.00177 e. The fraction of sp³-hybridized carbons (Fsp3) is 1.00. The van der Waals surface area contributed by atoms with Crippen LogP contribution in [0.5, 0.6) is 0 Å². The van der Waals surface area contributed by atoms with Gasteiger partial charge in [0.2, 0.25) is 0 Å². The molecule has 0 bridgehead atoms. The molecule has 2 aliphatic rings. The maximum atomic E-state index is 3.55. The fourth-order valence-electron chi connectivity index (χ4n) is 3.32. The second-order valence-corrected chi connectivity index (χ2v) is 6.02. The third kappa shape index (κ3) is 1.84. The molecule has 0 aromatic carbocycles. The van der Waals surface area contributed by atoms with Crippen molar-refractivity contribution < 1.29 is 0 Å². The van der Waals surface area contributed by atoms with Gasteiger partial charge in [-0.1, -0.05) is 27.2 Å². The van der Waals surface area contributed by atoms with Crippen LogP contribution in [0.25, 0.3) is 0 Å². The smallest absolute Gasteiger partial charge is 0.00177 e. The molecule has 0 aromatic rings. The van der Waals surface area contributed by atoms with E-state index in [1.807, 2.05) is 0 Å². The third-order valence-electron chi connectivity index (χ3n) is 4.96. The van der Waals surface area contributed by atoms with E-state index >= 15 is 0 Å². The predicted octanol–water partition coefficient (Wildman–Crippen LogP) is 3.06. The summed E-state index contributed by atoms with van der Waals surface area (Å²) in [6, 6.07) is 0. The summed E-state index contributed by atoms with van der Waals surface area (Å²) >= 11 is 0. The molecule has 14 heavy (non-hydrogen) atoms. The van der Waals surface area contributed by atoms with Gasteiger partial charge in [0, 0.05) is 0 Å². The lowest BCUT2D eigenvalue weighted by atomic mass is 9.75. The topological polar surface area (TPSA) is 12.0 Å². The largest absolute Gasteiger partial charge is 0.316 e. The Morgan fingerprint density at radius 1 is 1.21 bits per heavy atom. The molecule has 2 rings (SSSR count). The molecular weight excluding hydrogens is 170 g/mol. The third-order valence-corrected chi connectivity index (χ3v) is 4.96. The molecule has 1 nitrogen and oxygen atoms in total. The number of fused-ring (bicyclic) bond motifs is 1. The van der Waals surface area contributed by atoms with E-state index in [0.29, 0.717) is 5.41 Å². The molecule has 0 amide bonds. The van der Waals surface area contributed by atoms with Crippen LogP contribution < -0.4 is 5.32 Å². The lowest BCUT2D eigenvalue weighted by Crippen LogP contribution is -2.33. The van der Waals surface area contributed by atoms with Crippen molar-refractivity contribution in [2.45, 2.75) is 46.5 Å². The van der Waals surface area contributed by atoms with Crippen LogP contribution in [0.1, 0.15) is 46.5 Å². The second-order valence-electron chi connectivity index (χ2n) is 6.02. The number of piperidine rings is 1. The standard InChI is InChI=1S/C13H25N/c1-4-13(2,3)12-7-10-5-6-14-9-11(10)8-12/h10-12,14H,4-9H2,1-3H3. The monoisotopic (exact) mass is 195 g/mol. The molecule has 1 N–H and O–H groups in total. The normalized spacial score (nSPS) is 38.4. The summed E-state index contributed by atoms with van der Waals surface area (Å²) in [7, 11) is 0. The summed E-state index contributed by atoms with van der Waals surface area (Å²) in [5.74, 6) is 3.04. The van der Waals surface area contributed by atoms with E-state index in [1.165, 1.54) is 38.8 Å². The van der Waals surface area contributed by atoms with Crippen molar-refractivity contribution >= 4 is 0 Å². The van der Waals surface area contributed by atoms with E-state index in [2.05, 4.69) is 26.1 Å². The Labute approximate surface area is 88.7 Å². The lowest BCUT2D eigenvalue weighted by molar-refractivity contribution is 0.201. The van der Waals surface area contributed by atoms with Crippen molar-refractivity contribution in [1.82, 2.24) is 5.32 Å². The van der Waals surface area contributed by atoms with Gasteiger partial charge >= 0.3 is 0 Å². The van der Waals surface area contributed by atoms with E-state index < -0.39 is 0 Å². The Balaban J connectivity index is 1.99. The Morgan fingerprint density at radius 3 is 2.57 bits per heavy atom. The van der Waals surface area contributed by atoms with Gasteiger partial charge in [-0.05, 0) is 55.5 Å². The van der Waals surface area contributed by atoms with Crippen molar-refractivity contribution in [2.24, 2.45) is 23.2 Å². The summed E-state index contributed by atoms with van der Waals surface area (Å²) in [6.45, 7) is 9.83. The zero-order valence-electron chi connectivity index (χ0n) is 9.97. The minimum Gasteiger partial charge on any atom is -0.316 e. The first-order valence-corrected chi connectivity index (χ1v) is 6.34. The van der Waals surface area contributed by atoms with Crippen LogP contribution in [0.2, 0.25) is 0 Å². The molecule has 0 spiro atoms. The van der Waals surface area contributed by atoms with Gasteiger partial charge in [-0.25, -0.2) is 0 Å². The first kappa shape index (κ1) is 10.5. The van der Waals surface area contributed by atoms with Gasteiger partial charge in [0.15, 0.2) is 0 Å². The molecule has 82 valence electrons. The molecule has 3 unspecified atom stereocenters. The van der Waals surface area contributed by atoms with Gasteiger partial charge in [-0.15, -0.1) is 0 Å². The van der Waals surface area contributed by atoms with Gasteiger partial charge in [0.25, 0.3) is 0 Å². The zero-order valence-corrected chi connectivity index (χ0v) is 9.97. The first-order valence-electron chi connectivity index (χ1n) is 6.34. The molecule has 0 radical (unpaired) electrons. The average Bonchev–Trinajstić information content (AvgIpc) is 2.61. The Hall–Kier alpha value is -0.0400. The van der Waals surface area contributed by atoms with E-state index in [4.69, 9.17) is 0 Å². The van der Waals surface area contributed by atoms with Crippen LogP contribution in [-0.4, -0.2) is 13.1 Å². The number of rotatable bonds is 2. The van der Waals surface area contributed by atoms with Gasteiger partial charge in [-0.3, -0.25) is 0 Å². The molecule has 1 saturated carbocycles. The highest BCUT2D eigenvalue weighted by Gasteiger charge is 2.41. The molecule has 1 aliphatic carbocycles. The van der Waals surface area contributed by atoms with Gasteiger partial charge in [-0.2, -0.15) is 0 Å². The second kappa shape index (κ2) is 3.84. The molecule has 2 fully saturated rings. The predicted molar refractivity (Wildman–Crippen MR) is 61.3 cm³/mol. The van der Waals surface area contributed by atoms with Crippen molar-refractivity contribution in [2.75, 3.05) is 13.1 Å². The Morgan fingerprint density at radius 2 is 1.93 bits per heavy atom. The van der Waals surface area contributed by atoms with Crippen LogP contribution in [0, 0.1) is 23.2 Å². The Kier molecular flexibility index (Phi) is 2.88. The number of nitrogens with one attached hydrogen (secondary N) is 1. The van der Waals surface area contributed by atoms with Crippen molar-refractivity contribution in [3.8, 4) is 0 Å². The molecule has 1 saturated heterocycles. The van der Waals surface area contributed by atoms with E-state index in [0.717, 1.165) is 17.8 Å². The van der Waals surface area contributed by atoms with E-state index in [-0.39, 0.29) is 0 Å². The quantitative estimate of drug-likeness (QED) is 0.714. The summed E-state index contributed by atoms with van der Waals surface area (Å²) in [5.41, 5.74) is 0.581. The molecule has 1 heteroatoms. The Bertz CT molecular complexity index is 183. The molecular formula is C13H25N. The SMILES string of the molecule is CCC(C)(C)C1CC2CCNCC2C1. The maximum absolute atomic E-state index is 3.55. The highest BCUT2D eigenvalue weighted by atomic mass is 14.9.